The van der Waals surface area contributed by atoms with Crippen molar-refractivity contribution < 1.29 is 9.53 Å². The summed E-state index contributed by atoms with van der Waals surface area (Å²) in [7, 11) is 0. The maximum absolute atomic E-state index is 12.0. The van der Waals surface area contributed by atoms with Gasteiger partial charge in [-0.05, 0) is 24.5 Å². The summed E-state index contributed by atoms with van der Waals surface area (Å²) in [4.78, 5) is 32.7. The number of fused-ring (bicyclic) bond motifs is 1. The van der Waals surface area contributed by atoms with Crippen LogP contribution in [0.2, 0.25) is 0 Å². The number of nitrogens with one attached hydrogen (secondary N) is 1. The van der Waals surface area contributed by atoms with Gasteiger partial charge in [-0.3, -0.25) is 14.6 Å². The molecule has 0 atom stereocenters. The van der Waals surface area contributed by atoms with Crippen LogP contribution in [-0.2, 0) is 9.53 Å². The maximum Gasteiger partial charge on any atom is 0.259 e. The summed E-state index contributed by atoms with van der Waals surface area (Å²) in [5, 5.41) is 0.555. The van der Waals surface area contributed by atoms with Gasteiger partial charge in [-0.2, -0.15) is 0 Å². The van der Waals surface area contributed by atoms with Crippen LogP contribution in [0.1, 0.15) is 25.1 Å². The van der Waals surface area contributed by atoms with E-state index in [2.05, 4.69) is 21.8 Å². The second kappa shape index (κ2) is 7.75. The van der Waals surface area contributed by atoms with Gasteiger partial charge in [0.05, 0.1) is 24.1 Å². The second-order valence-electron chi connectivity index (χ2n) is 5.58. The minimum atomic E-state index is -0.188. The molecule has 2 aromatic rings. The molecule has 2 heterocycles. The zero-order valence-electron chi connectivity index (χ0n) is 13.4. The summed E-state index contributed by atoms with van der Waals surface area (Å²) in [6.45, 7) is 2.58. The van der Waals surface area contributed by atoms with E-state index >= 15 is 0 Å². The van der Waals surface area contributed by atoms with Gasteiger partial charge in [0, 0.05) is 25.9 Å². The summed E-state index contributed by atoms with van der Waals surface area (Å²) in [5.41, 5.74) is 0.445. The van der Waals surface area contributed by atoms with Gasteiger partial charge in [0.2, 0.25) is 5.91 Å². The Morgan fingerprint density at radius 3 is 2.92 bits per heavy atom. The van der Waals surface area contributed by atoms with Crippen LogP contribution in [0.25, 0.3) is 10.9 Å². The Hall–Kier alpha value is -2.65. The average Bonchev–Trinajstić information content (AvgIpc) is 2.62. The first-order valence-electron chi connectivity index (χ1n) is 8.07. The van der Waals surface area contributed by atoms with E-state index in [1.165, 1.54) is 0 Å². The van der Waals surface area contributed by atoms with E-state index < -0.39 is 0 Å². The third kappa shape index (κ3) is 4.00. The molecule has 3 rings (SSSR count). The lowest BCUT2D eigenvalue weighted by atomic mass is 10.2. The van der Waals surface area contributed by atoms with E-state index in [1.807, 2.05) is 11.0 Å². The molecule has 0 spiro atoms. The van der Waals surface area contributed by atoms with E-state index in [0.717, 1.165) is 0 Å². The molecule has 0 radical (unpaired) electrons. The van der Waals surface area contributed by atoms with Gasteiger partial charge in [0.1, 0.15) is 0 Å². The predicted octanol–water partition coefficient (Wildman–Crippen LogP) is 1.30. The maximum atomic E-state index is 12.0. The van der Waals surface area contributed by atoms with Crippen LogP contribution in [-0.4, -0.2) is 47.1 Å². The average molecular weight is 325 g/mol. The highest BCUT2D eigenvalue weighted by atomic mass is 16.5. The van der Waals surface area contributed by atoms with Crippen LogP contribution in [0, 0.1) is 11.8 Å². The molecule has 6 nitrogen and oxygen atoms in total. The quantitative estimate of drug-likeness (QED) is 0.682. The monoisotopic (exact) mass is 325 g/mol. The lowest BCUT2D eigenvalue weighted by molar-refractivity contribution is -0.135. The number of nitrogens with zero attached hydrogens (tertiary/aromatic N) is 2. The molecule has 0 aliphatic carbocycles. The number of para-hydroxylation sites is 1. The van der Waals surface area contributed by atoms with Crippen LogP contribution in [0.4, 0.5) is 0 Å². The largest absolute Gasteiger partial charge is 0.378 e. The molecule has 1 saturated heterocycles. The number of benzene rings is 1. The first-order valence-corrected chi connectivity index (χ1v) is 8.07. The van der Waals surface area contributed by atoms with Gasteiger partial charge in [0.25, 0.3) is 5.56 Å². The number of carbonyl (C=O) groups excluding carboxylic acids is 1. The van der Waals surface area contributed by atoms with Gasteiger partial charge in [0.15, 0.2) is 5.82 Å². The molecule has 124 valence electrons. The van der Waals surface area contributed by atoms with Crippen molar-refractivity contribution in [2.75, 3.05) is 26.3 Å². The minimum absolute atomic E-state index is 0.150. The van der Waals surface area contributed by atoms with Gasteiger partial charge in [-0.15, -0.1) is 0 Å². The molecule has 1 N–H and O–H groups in total. The lowest BCUT2D eigenvalue weighted by Crippen LogP contribution is -2.40. The number of aromatic amines is 1. The Balaban J connectivity index is 1.54. The fraction of sp³-hybridized carbons (Fsp3) is 0.389. The van der Waals surface area contributed by atoms with E-state index in [9.17, 15) is 9.59 Å². The molecule has 0 bridgehead atoms. The van der Waals surface area contributed by atoms with Crippen LogP contribution < -0.4 is 5.56 Å². The molecule has 1 aromatic carbocycles. The smallest absolute Gasteiger partial charge is 0.259 e. The molecule has 0 saturated carbocycles. The van der Waals surface area contributed by atoms with Crippen LogP contribution >= 0.6 is 0 Å². The van der Waals surface area contributed by atoms with Crippen molar-refractivity contribution in [3.05, 3.63) is 40.4 Å². The molecule has 24 heavy (non-hydrogen) atoms. The van der Waals surface area contributed by atoms with Gasteiger partial charge in [-0.1, -0.05) is 18.1 Å². The third-order valence-corrected chi connectivity index (χ3v) is 3.88. The standard InChI is InChI=1S/C18H19N3O3/c22-17(21-10-12-24-13-11-21)9-3-1-2-8-16-19-15-7-5-4-6-14(15)18(23)20-16/h4-7H,1,3,9-13H2,(H,19,20,23). The number of carbonyl (C=O) groups is 1. The molecule has 1 amide bonds. The van der Waals surface area contributed by atoms with Gasteiger partial charge in [-0.25, -0.2) is 4.98 Å². The SMILES string of the molecule is O=C(CCCC#Cc1nc2ccccc2c(=O)[nH]1)N1CCOCC1. The normalized spacial score (nSPS) is 14.2. The number of H-pyrrole nitrogens is 1. The first-order chi connectivity index (χ1) is 11.7. The van der Waals surface area contributed by atoms with Gasteiger partial charge >= 0.3 is 0 Å². The Morgan fingerprint density at radius 1 is 1.29 bits per heavy atom. The Labute approximate surface area is 139 Å². The molecule has 1 fully saturated rings. The topological polar surface area (TPSA) is 75.3 Å². The van der Waals surface area contributed by atoms with E-state index in [-0.39, 0.29) is 11.5 Å². The second-order valence-corrected chi connectivity index (χ2v) is 5.58. The number of morpholine rings is 1. The number of aromatic nitrogens is 2. The summed E-state index contributed by atoms with van der Waals surface area (Å²) in [5.74, 6) is 6.35. The fourth-order valence-electron chi connectivity index (χ4n) is 2.59. The van der Waals surface area contributed by atoms with Crippen molar-refractivity contribution >= 4 is 16.8 Å². The highest BCUT2D eigenvalue weighted by Gasteiger charge is 2.15. The molecule has 0 unspecified atom stereocenters. The zero-order chi connectivity index (χ0) is 16.8. The first kappa shape index (κ1) is 16.2. The van der Waals surface area contributed by atoms with Crippen molar-refractivity contribution in [3.8, 4) is 11.8 Å². The molecular formula is C18H19N3O3. The molecule has 1 aliphatic rings. The van der Waals surface area contributed by atoms with E-state index in [0.29, 0.717) is 62.3 Å². The minimum Gasteiger partial charge on any atom is -0.378 e. The predicted molar refractivity (Wildman–Crippen MR) is 90.5 cm³/mol. The number of hydrogen-bond acceptors (Lipinski definition) is 4. The van der Waals surface area contributed by atoms with Crippen molar-refractivity contribution in [1.29, 1.82) is 0 Å². The molecule has 1 aromatic heterocycles. The summed E-state index contributed by atoms with van der Waals surface area (Å²) >= 11 is 0. The van der Waals surface area contributed by atoms with Crippen LogP contribution in [0.15, 0.2) is 29.1 Å². The summed E-state index contributed by atoms with van der Waals surface area (Å²) in [6.07, 6.45) is 1.77. The van der Waals surface area contributed by atoms with Crippen LogP contribution in [0.5, 0.6) is 0 Å². The van der Waals surface area contributed by atoms with E-state index in [4.69, 9.17) is 4.74 Å². The highest BCUT2D eigenvalue weighted by molar-refractivity contribution is 5.77. The number of rotatable bonds is 3. The highest BCUT2D eigenvalue weighted by Crippen LogP contribution is 2.06. The Morgan fingerprint density at radius 2 is 2.08 bits per heavy atom. The molecular weight excluding hydrogens is 306 g/mol. The number of hydrogen-bond donors (Lipinski definition) is 1. The third-order valence-electron chi connectivity index (χ3n) is 3.88. The van der Waals surface area contributed by atoms with Gasteiger partial charge < -0.3 is 9.64 Å². The zero-order valence-corrected chi connectivity index (χ0v) is 13.4. The fourth-order valence-corrected chi connectivity index (χ4v) is 2.59. The number of unbranched alkanes of at least 4 members (excludes halogenated alkanes) is 1. The Bertz CT molecular complexity index is 842. The van der Waals surface area contributed by atoms with Crippen molar-refractivity contribution in [3.63, 3.8) is 0 Å². The summed E-state index contributed by atoms with van der Waals surface area (Å²) < 4.78 is 5.23. The molecule has 1 aliphatic heterocycles. The molecule has 6 heteroatoms. The Kier molecular flexibility index (Phi) is 5.24. The van der Waals surface area contributed by atoms with E-state index in [1.54, 1.807) is 18.2 Å². The number of amides is 1. The van der Waals surface area contributed by atoms with Crippen molar-refractivity contribution in [2.24, 2.45) is 0 Å². The van der Waals surface area contributed by atoms with Crippen molar-refractivity contribution in [2.45, 2.75) is 19.3 Å². The van der Waals surface area contributed by atoms with Crippen molar-refractivity contribution in [1.82, 2.24) is 14.9 Å². The van der Waals surface area contributed by atoms with Crippen LogP contribution in [0.3, 0.4) is 0 Å². The summed E-state index contributed by atoms with van der Waals surface area (Å²) in [6, 6.07) is 7.16. The lowest BCUT2D eigenvalue weighted by Gasteiger charge is -2.26. The number of ether oxygens (including phenoxy) is 1.